The quantitative estimate of drug-likeness (QED) is 0.783. The van der Waals surface area contributed by atoms with E-state index in [9.17, 15) is 0 Å². The Bertz CT molecular complexity index is 796. The summed E-state index contributed by atoms with van der Waals surface area (Å²) in [5.74, 6) is 3.16. The number of ether oxygens (including phenoxy) is 3. The van der Waals surface area contributed by atoms with Gasteiger partial charge < -0.3 is 18.8 Å². The summed E-state index contributed by atoms with van der Waals surface area (Å²) in [6.45, 7) is 9.26. The van der Waals surface area contributed by atoms with Crippen molar-refractivity contribution in [2.24, 2.45) is 5.92 Å². The highest BCUT2D eigenvalue weighted by Crippen LogP contribution is 2.41. The van der Waals surface area contributed by atoms with Crippen molar-refractivity contribution in [3.05, 3.63) is 24.7 Å². The number of methoxy groups -OCH3 is 1. The van der Waals surface area contributed by atoms with E-state index in [4.69, 9.17) is 14.2 Å². The monoisotopic (exact) mass is 385 g/mol. The molecule has 1 aromatic heterocycles. The molecule has 1 fully saturated rings. The summed E-state index contributed by atoms with van der Waals surface area (Å²) in [6, 6.07) is 4.43. The molecular formula is C22H31N3O3. The molecule has 2 aliphatic heterocycles. The van der Waals surface area contributed by atoms with Crippen LogP contribution in [0.5, 0.6) is 17.2 Å². The Labute approximate surface area is 167 Å². The molecule has 6 heteroatoms. The Morgan fingerprint density at radius 1 is 1.18 bits per heavy atom. The molecule has 0 aliphatic carbocycles. The van der Waals surface area contributed by atoms with E-state index in [0.29, 0.717) is 19.3 Å². The van der Waals surface area contributed by atoms with Gasteiger partial charge in [-0.05, 0) is 44.8 Å². The topological polar surface area (TPSA) is 48.8 Å². The summed E-state index contributed by atoms with van der Waals surface area (Å²) < 4.78 is 19.6. The van der Waals surface area contributed by atoms with E-state index < -0.39 is 0 Å². The number of fused-ring (bicyclic) bond motifs is 1. The van der Waals surface area contributed by atoms with Crippen molar-refractivity contribution in [1.29, 1.82) is 0 Å². The highest BCUT2D eigenvalue weighted by molar-refractivity contribution is 5.72. The Morgan fingerprint density at radius 2 is 1.89 bits per heavy atom. The molecule has 1 saturated heterocycles. The number of nitrogens with zero attached hydrogens (tertiary/aromatic N) is 3. The van der Waals surface area contributed by atoms with Crippen molar-refractivity contribution in [2.45, 2.75) is 45.7 Å². The molecular weight excluding hydrogens is 354 g/mol. The van der Waals surface area contributed by atoms with Gasteiger partial charge in [0, 0.05) is 30.6 Å². The summed E-state index contributed by atoms with van der Waals surface area (Å²) in [5, 5.41) is 0. The van der Waals surface area contributed by atoms with Crippen LogP contribution in [0.1, 0.15) is 33.1 Å². The molecule has 1 aromatic carbocycles. The van der Waals surface area contributed by atoms with E-state index in [0.717, 1.165) is 47.4 Å². The van der Waals surface area contributed by atoms with Crippen LogP contribution in [0.15, 0.2) is 24.7 Å². The van der Waals surface area contributed by atoms with Crippen LogP contribution < -0.4 is 14.2 Å². The van der Waals surface area contributed by atoms with E-state index in [-0.39, 0.29) is 0 Å². The summed E-state index contributed by atoms with van der Waals surface area (Å²) in [6.07, 6.45) is 7.29. The van der Waals surface area contributed by atoms with E-state index in [1.54, 1.807) is 7.11 Å². The first-order valence-corrected chi connectivity index (χ1v) is 10.4. The maximum atomic E-state index is 5.89. The average Bonchev–Trinajstić information content (AvgIpc) is 3.03. The van der Waals surface area contributed by atoms with Gasteiger partial charge in [-0.1, -0.05) is 6.92 Å². The number of hydrogen-bond donors (Lipinski definition) is 0. The molecule has 0 saturated carbocycles. The maximum absolute atomic E-state index is 5.89. The zero-order valence-electron chi connectivity index (χ0n) is 17.2. The fourth-order valence-corrected chi connectivity index (χ4v) is 4.12. The molecule has 1 atom stereocenters. The van der Waals surface area contributed by atoms with Crippen LogP contribution in [-0.2, 0) is 6.54 Å². The molecule has 1 unspecified atom stereocenters. The first-order valence-electron chi connectivity index (χ1n) is 10.4. The fourth-order valence-electron chi connectivity index (χ4n) is 4.12. The highest BCUT2D eigenvalue weighted by Gasteiger charge is 2.23. The SMILES string of the molecule is COc1cc2c(cc1-c1cncn1CC(C)N1CCC(C)CC1)OCCCO2. The second kappa shape index (κ2) is 8.43. The number of piperidine rings is 1. The molecule has 2 aromatic rings. The predicted octanol–water partition coefficient (Wildman–Crippen LogP) is 3.84. The number of hydrogen-bond acceptors (Lipinski definition) is 5. The molecule has 6 nitrogen and oxygen atoms in total. The van der Waals surface area contributed by atoms with E-state index in [2.05, 4.69) is 28.3 Å². The van der Waals surface area contributed by atoms with Gasteiger partial charge in [0.1, 0.15) is 5.75 Å². The minimum absolute atomic E-state index is 0.465. The first kappa shape index (κ1) is 19.1. The van der Waals surface area contributed by atoms with Gasteiger partial charge in [0.15, 0.2) is 11.5 Å². The van der Waals surface area contributed by atoms with E-state index in [1.165, 1.54) is 25.9 Å². The number of benzene rings is 1. The highest BCUT2D eigenvalue weighted by atomic mass is 16.5. The minimum Gasteiger partial charge on any atom is -0.496 e. The largest absolute Gasteiger partial charge is 0.496 e. The normalized spacial score (nSPS) is 19.2. The third-order valence-corrected chi connectivity index (χ3v) is 5.96. The third-order valence-electron chi connectivity index (χ3n) is 5.96. The summed E-state index contributed by atoms with van der Waals surface area (Å²) in [5.41, 5.74) is 2.04. The van der Waals surface area contributed by atoms with Crippen LogP contribution in [0.25, 0.3) is 11.3 Å². The standard InChI is InChI=1S/C22H31N3O3/c1-16-5-7-24(8-6-16)17(2)14-25-15-23-13-19(25)18-11-21-22(12-20(18)26-3)28-10-4-9-27-21/h11-13,15-17H,4-10,14H2,1-3H3. The zero-order valence-corrected chi connectivity index (χ0v) is 17.2. The second-order valence-electron chi connectivity index (χ2n) is 8.05. The number of aromatic nitrogens is 2. The van der Waals surface area contributed by atoms with Gasteiger partial charge in [0.25, 0.3) is 0 Å². The minimum atomic E-state index is 0.465. The Hall–Kier alpha value is -2.21. The van der Waals surface area contributed by atoms with E-state index in [1.807, 2.05) is 24.7 Å². The molecule has 0 radical (unpaired) electrons. The second-order valence-corrected chi connectivity index (χ2v) is 8.05. The smallest absolute Gasteiger partial charge is 0.164 e. The molecule has 28 heavy (non-hydrogen) atoms. The molecule has 0 N–H and O–H groups in total. The molecule has 0 amide bonds. The van der Waals surface area contributed by atoms with Gasteiger partial charge in [0.2, 0.25) is 0 Å². The van der Waals surface area contributed by atoms with Crippen LogP contribution in [0.2, 0.25) is 0 Å². The van der Waals surface area contributed by atoms with Crippen molar-refractivity contribution in [2.75, 3.05) is 33.4 Å². The van der Waals surface area contributed by atoms with E-state index >= 15 is 0 Å². The molecule has 0 spiro atoms. The van der Waals surface area contributed by atoms with Crippen LogP contribution in [0.3, 0.4) is 0 Å². The number of imidazole rings is 1. The van der Waals surface area contributed by atoms with Crippen molar-refractivity contribution >= 4 is 0 Å². The predicted molar refractivity (Wildman–Crippen MR) is 109 cm³/mol. The summed E-state index contributed by atoms with van der Waals surface area (Å²) in [4.78, 5) is 7.02. The van der Waals surface area contributed by atoms with Crippen LogP contribution >= 0.6 is 0 Å². The Balaban J connectivity index is 1.59. The van der Waals surface area contributed by atoms with Gasteiger partial charge >= 0.3 is 0 Å². The van der Waals surface area contributed by atoms with Crippen molar-refractivity contribution in [3.63, 3.8) is 0 Å². The summed E-state index contributed by atoms with van der Waals surface area (Å²) in [7, 11) is 1.70. The van der Waals surface area contributed by atoms with Crippen LogP contribution in [0, 0.1) is 5.92 Å². The van der Waals surface area contributed by atoms with Crippen molar-refractivity contribution in [3.8, 4) is 28.5 Å². The molecule has 4 rings (SSSR count). The Kier molecular flexibility index (Phi) is 5.76. The van der Waals surface area contributed by atoms with Gasteiger partial charge in [-0.3, -0.25) is 4.90 Å². The average molecular weight is 386 g/mol. The van der Waals surface area contributed by atoms with Crippen molar-refractivity contribution in [1.82, 2.24) is 14.5 Å². The van der Waals surface area contributed by atoms with Crippen LogP contribution in [0.4, 0.5) is 0 Å². The lowest BCUT2D eigenvalue weighted by molar-refractivity contribution is 0.135. The number of rotatable bonds is 5. The molecule has 3 heterocycles. The van der Waals surface area contributed by atoms with Crippen molar-refractivity contribution < 1.29 is 14.2 Å². The van der Waals surface area contributed by atoms with Gasteiger partial charge in [-0.25, -0.2) is 4.98 Å². The van der Waals surface area contributed by atoms with Gasteiger partial charge in [-0.2, -0.15) is 0 Å². The number of likely N-dealkylation sites (tertiary alicyclic amines) is 1. The zero-order chi connectivity index (χ0) is 19.5. The van der Waals surface area contributed by atoms with Gasteiger partial charge in [-0.15, -0.1) is 0 Å². The lowest BCUT2D eigenvalue weighted by Gasteiger charge is -2.35. The Morgan fingerprint density at radius 3 is 2.61 bits per heavy atom. The third kappa shape index (κ3) is 3.97. The maximum Gasteiger partial charge on any atom is 0.164 e. The fraction of sp³-hybridized carbons (Fsp3) is 0.591. The van der Waals surface area contributed by atoms with Gasteiger partial charge in [0.05, 0.1) is 38.5 Å². The molecule has 2 aliphatic rings. The molecule has 0 bridgehead atoms. The lowest BCUT2D eigenvalue weighted by atomic mass is 9.98. The molecule has 152 valence electrons. The lowest BCUT2D eigenvalue weighted by Crippen LogP contribution is -2.41. The summed E-state index contributed by atoms with van der Waals surface area (Å²) >= 11 is 0. The van der Waals surface area contributed by atoms with Crippen LogP contribution in [-0.4, -0.2) is 53.9 Å². The first-order chi connectivity index (χ1) is 13.7.